The highest BCUT2D eigenvalue weighted by Crippen LogP contribution is 2.24. The van der Waals surface area contributed by atoms with Crippen molar-refractivity contribution in [2.24, 2.45) is 0 Å². The van der Waals surface area contributed by atoms with E-state index in [1.807, 2.05) is 11.1 Å². The number of urea groups is 1. The van der Waals surface area contributed by atoms with Gasteiger partial charge in [0, 0.05) is 36.8 Å². The number of carbonyl (C=O) groups excluding carboxylic acids is 1. The summed E-state index contributed by atoms with van der Waals surface area (Å²) in [6, 6.07) is 2.42. The van der Waals surface area contributed by atoms with Crippen LogP contribution in [0, 0.1) is 6.92 Å². The molecule has 1 atom stereocenters. The minimum atomic E-state index is 0.0696. The number of hydrogen-bond acceptors (Lipinski definition) is 3. The molecule has 0 spiro atoms. The van der Waals surface area contributed by atoms with Gasteiger partial charge in [-0.2, -0.15) is 0 Å². The summed E-state index contributed by atoms with van der Waals surface area (Å²) in [5, 5.41) is 2.89. The number of anilines is 1. The molecule has 1 unspecified atom stereocenters. The number of nitrogens with zero attached hydrogens (tertiary/aromatic N) is 3. The van der Waals surface area contributed by atoms with Gasteiger partial charge >= 0.3 is 6.03 Å². The van der Waals surface area contributed by atoms with Gasteiger partial charge in [0.2, 0.25) is 0 Å². The number of amides is 2. The number of hydrogen-bond donors (Lipinski definition) is 1. The molecule has 0 aliphatic carbocycles. The number of pyridine rings is 1. The van der Waals surface area contributed by atoms with Crippen molar-refractivity contribution in [3.63, 3.8) is 0 Å². The maximum absolute atomic E-state index is 11.5. The first-order chi connectivity index (χ1) is 8.65. The van der Waals surface area contributed by atoms with Crippen molar-refractivity contribution in [1.82, 2.24) is 15.2 Å². The highest BCUT2D eigenvalue weighted by Gasteiger charge is 2.35. The molecule has 96 valence electrons. The fraction of sp³-hybridized carbons (Fsp3) is 0.500. The molecule has 1 aromatic heterocycles. The van der Waals surface area contributed by atoms with Crippen LogP contribution in [0.2, 0.25) is 0 Å². The molecule has 2 aliphatic rings. The zero-order valence-electron chi connectivity index (χ0n) is 10.2. The van der Waals surface area contributed by atoms with E-state index in [0.717, 1.165) is 42.0 Å². The molecular weight excluding hydrogens is 296 g/mol. The number of piperazine rings is 1. The highest BCUT2D eigenvalue weighted by atomic mass is 79.9. The van der Waals surface area contributed by atoms with Crippen LogP contribution in [0.25, 0.3) is 0 Å². The van der Waals surface area contributed by atoms with Crippen LogP contribution < -0.4 is 10.2 Å². The molecule has 0 aromatic carbocycles. The minimum Gasteiger partial charge on any atom is -0.352 e. The Bertz CT molecular complexity index is 493. The normalized spacial score (nSPS) is 23.0. The lowest BCUT2D eigenvalue weighted by Crippen LogP contribution is -2.52. The first-order valence-electron chi connectivity index (χ1n) is 6.07. The molecule has 0 radical (unpaired) electrons. The molecule has 5 nitrogen and oxygen atoms in total. The number of aryl methyl sites for hydroxylation is 1. The van der Waals surface area contributed by atoms with Crippen LogP contribution in [0.15, 0.2) is 16.7 Å². The maximum Gasteiger partial charge on any atom is 0.317 e. The maximum atomic E-state index is 11.5. The van der Waals surface area contributed by atoms with Gasteiger partial charge in [0.05, 0.1) is 6.04 Å². The third kappa shape index (κ3) is 1.94. The van der Waals surface area contributed by atoms with Crippen LogP contribution in [0.3, 0.4) is 0 Å². The summed E-state index contributed by atoms with van der Waals surface area (Å²) in [5.74, 6) is 1.03. The zero-order valence-corrected chi connectivity index (χ0v) is 11.8. The quantitative estimate of drug-likeness (QED) is 0.852. The van der Waals surface area contributed by atoms with Crippen LogP contribution in [0.5, 0.6) is 0 Å². The summed E-state index contributed by atoms with van der Waals surface area (Å²) in [5.41, 5.74) is 1.16. The zero-order chi connectivity index (χ0) is 12.7. The molecule has 2 fully saturated rings. The highest BCUT2D eigenvalue weighted by molar-refractivity contribution is 9.10. The van der Waals surface area contributed by atoms with E-state index in [4.69, 9.17) is 0 Å². The largest absolute Gasteiger partial charge is 0.352 e. The van der Waals surface area contributed by atoms with Gasteiger partial charge in [0.15, 0.2) is 0 Å². The molecule has 2 aliphatic heterocycles. The second-order valence-corrected chi connectivity index (χ2v) is 5.69. The van der Waals surface area contributed by atoms with Gasteiger partial charge in [-0.25, -0.2) is 9.78 Å². The summed E-state index contributed by atoms with van der Waals surface area (Å²) in [6.45, 7) is 5.28. The number of fused-ring (bicyclic) bond motifs is 1. The van der Waals surface area contributed by atoms with E-state index in [1.165, 1.54) is 0 Å². The van der Waals surface area contributed by atoms with Crippen molar-refractivity contribution >= 4 is 27.8 Å². The molecule has 18 heavy (non-hydrogen) atoms. The molecule has 0 saturated carbocycles. The van der Waals surface area contributed by atoms with E-state index in [1.54, 1.807) is 0 Å². The molecule has 3 rings (SSSR count). The fourth-order valence-electron chi connectivity index (χ4n) is 2.66. The molecule has 2 saturated heterocycles. The molecule has 0 bridgehead atoms. The van der Waals surface area contributed by atoms with Crippen LogP contribution in [0.1, 0.15) is 5.56 Å². The number of nitrogens with one attached hydrogen (secondary N) is 1. The average Bonchev–Trinajstić information content (AvgIpc) is 2.71. The summed E-state index contributed by atoms with van der Waals surface area (Å²) in [4.78, 5) is 20.2. The number of carbonyl (C=O) groups is 1. The van der Waals surface area contributed by atoms with Crippen molar-refractivity contribution in [1.29, 1.82) is 0 Å². The predicted octanol–water partition coefficient (Wildman–Crippen LogP) is 1.37. The Hall–Kier alpha value is -1.30. The summed E-state index contributed by atoms with van der Waals surface area (Å²) < 4.78 is 1.00. The smallest absolute Gasteiger partial charge is 0.317 e. The summed E-state index contributed by atoms with van der Waals surface area (Å²) >= 11 is 3.43. The van der Waals surface area contributed by atoms with E-state index in [-0.39, 0.29) is 12.1 Å². The first-order valence-corrected chi connectivity index (χ1v) is 6.86. The Balaban J connectivity index is 1.80. The van der Waals surface area contributed by atoms with Crippen LogP contribution in [0.4, 0.5) is 10.6 Å². The van der Waals surface area contributed by atoms with Crippen molar-refractivity contribution in [3.05, 3.63) is 22.3 Å². The number of rotatable bonds is 1. The Morgan fingerprint density at radius 1 is 1.50 bits per heavy atom. The van der Waals surface area contributed by atoms with Gasteiger partial charge in [-0.05, 0) is 34.5 Å². The molecular formula is C12H15BrN4O. The van der Waals surface area contributed by atoms with Gasteiger partial charge in [-0.3, -0.25) is 0 Å². The Morgan fingerprint density at radius 2 is 2.33 bits per heavy atom. The van der Waals surface area contributed by atoms with E-state index in [9.17, 15) is 4.79 Å². The van der Waals surface area contributed by atoms with Gasteiger partial charge < -0.3 is 15.1 Å². The Morgan fingerprint density at radius 3 is 3.11 bits per heavy atom. The van der Waals surface area contributed by atoms with Crippen molar-refractivity contribution in [2.45, 2.75) is 13.0 Å². The van der Waals surface area contributed by atoms with Gasteiger partial charge in [0.25, 0.3) is 0 Å². The topological polar surface area (TPSA) is 48.5 Å². The van der Waals surface area contributed by atoms with E-state index >= 15 is 0 Å². The molecule has 2 amide bonds. The number of halogens is 1. The standard InChI is InChI=1S/C12H15BrN4O/c1-8-4-9(13)5-14-11(8)16-2-3-17-10(7-16)6-15-12(17)18/h4-5,10H,2-3,6-7H2,1H3,(H,15,18). The van der Waals surface area contributed by atoms with Gasteiger partial charge in [-0.1, -0.05) is 0 Å². The lowest BCUT2D eigenvalue weighted by atomic mass is 10.1. The monoisotopic (exact) mass is 310 g/mol. The molecule has 1 aromatic rings. The van der Waals surface area contributed by atoms with E-state index in [2.05, 4.69) is 44.1 Å². The van der Waals surface area contributed by atoms with Gasteiger partial charge in [-0.15, -0.1) is 0 Å². The second kappa shape index (κ2) is 4.42. The average molecular weight is 311 g/mol. The molecule has 6 heteroatoms. The second-order valence-electron chi connectivity index (χ2n) is 4.77. The first kappa shape index (κ1) is 11.8. The SMILES string of the molecule is Cc1cc(Br)cnc1N1CCN2C(=O)NCC2C1. The van der Waals surface area contributed by atoms with E-state index in [0.29, 0.717) is 0 Å². The Labute approximate surface area is 114 Å². The Kier molecular flexibility index (Phi) is 2.89. The summed E-state index contributed by atoms with van der Waals surface area (Å²) in [7, 11) is 0. The van der Waals surface area contributed by atoms with Crippen molar-refractivity contribution in [2.75, 3.05) is 31.1 Å². The van der Waals surface area contributed by atoms with Crippen molar-refractivity contribution in [3.8, 4) is 0 Å². The van der Waals surface area contributed by atoms with Crippen molar-refractivity contribution < 1.29 is 4.79 Å². The summed E-state index contributed by atoms with van der Waals surface area (Å²) in [6.07, 6.45) is 1.83. The third-order valence-corrected chi connectivity index (χ3v) is 3.98. The van der Waals surface area contributed by atoms with Crippen LogP contribution >= 0.6 is 15.9 Å². The lowest BCUT2D eigenvalue weighted by Gasteiger charge is -2.37. The lowest BCUT2D eigenvalue weighted by molar-refractivity contribution is 0.197. The predicted molar refractivity (Wildman–Crippen MR) is 72.8 cm³/mol. The fourth-order valence-corrected chi connectivity index (χ4v) is 3.11. The van der Waals surface area contributed by atoms with Crippen LogP contribution in [-0.2, 0) is 0 Å². The molecule has 3 heterocycles. The molecule has 1 N–H and O–H groups in total. The van der Waals surface area contributed by atoms with Crippen LogP contribution in [-0.4, -0.2) is 48.1 Å². The van der Waals surface area contributed by atoms with Gasteiger partial charge in [0.1, 0.15) is 5.82 Å². The van der Waals surface area contributed by atoms with E-state index < -0.39 is 0 Å². The minimum absolute atomic E-state index is 0.0696. The number of aromatic nitrogens is 1. The third-order valence-electron chi connectivity index (χ3n) is 3.55.